The summed E-state index contributed by atoms with van der Waals surface area (Å²) in [5.74, 6) is 0.0416. The summed E-state index contributed by atoms with van der Waals surface area (Å²) in [6.45, 7) is 2.82. The van der Waals surface area contributed by atoms with Crippen LogP contribution in [0.25, 0.3) is 0 Å². The summed E-state index contributed by atoms with van der Waals surface area (Å²) in [4.78, 5) is 29.0. The first-order chi connectivity index (χ1) is 13.7. The number of hydrogen-bond acceptors (Lipinski definition) is 3. The number of anilines is 3. The first-order valence-electron chi connectivity index (χ1n) is 10.3. The SMILES string of the molecule is O=C(Nc1ccccc1N1CCCCC1)c1ccc(N2CCCCC2=O)cc1. The van der Waals surface area contributed by atoms with Crippen molar-refractivity contribution in [3.63, 3.8) is 0 Å². The summed E-state index contributed by atoms with van der Waals surface area (Å²) in [6, 6.07) is 15.3. The second-order valence-corrected chi connectivity index (χ2v) is 7.57. The van der Waals surface area contributed by atoms with Crippen molar-refractivity contribution in [2.75, 3.05) is 34.8 Å². The van der Waals surface area contributed by atoms with Crippen molar-refractivity contribution in [3.8, 4) is 0 Å². The number of nitrogens with one attached hydrogen (secondary N) is 1. The van der Waals surface area contributed by atoms with Crippen LogP contribution in [-0.4, -0.2) is 31.4 Å². The van der Waals surface area contributed by atoms with E-state index in [9.17, 15) is 9.59 Å². The topological polar surface area (TPSA) is 52.7 Å². The van der Waals surface area contributed by atoms with Crippen LogP contribution < -0.4 is 15.1 Å². The number of carbonyl (C=O) groups is 2. The molecule has 2 amide bonds. The molecule has 0 aliphatic carbocycles. The maximum atomic E-state index is 12.8. The molecule has 2 fully saturated rings. The van der Waals surface area contributed by atoms with Gasteiger partial charge in [-0.05, 0) is 68.5 Å². The minimum absolute atomic E-state index is 0.124. The Morgan fingerprint density at radius 3 is 2.29 bits per heavy atom. The molecule has 2 aliphatic heterocycles. The molecule has 0 unspecified atom stereocenters. The molecule has 0 radical (unpaired) electrons. The van der Waals surface area contributed by atoms with Gasteiger partial charge in [0, 0.05) is 37.3 Å². The zero-order valence-electron chi connectivity index (χ0n) is 16.2. The predicted molar refractivity (Wildman–Crippen MR) is 113 cm³/mol. The van der Waals surface area contributed by atoms with Gasteiger partial charge in [0.2, 0.25) is 5.91 Å². The molecule has 0 spiro atoms. The first-order valence-corrected chi connectivity index (χ1v) is 10.3. The molecule has 2 saturated heterocycles. The highest BCUT2D eigenvalue weighted by Crippen LogP contribution is 2.29. The fraction of sp³-hybridized carbons (Fsp3) is 0.391. The quantitative estimate of drug-likeness (QED) is 0.857. The number of benzene rings is 2. The van der Waals surface area contributed by atoms with Crippen molar-refractivity contribution in [3.05, 3.63) is 54.1 Å². The van der Waals surface area contributed by atoms with Crippen molar-refractivity contribution < 1.29 is 9.59 Å². The van der Waals surface area contributed by atoms with E-state index in [0.29, 0.717) is 12.0 Å². The molecule has 28 heavy (non-hydrogen) atoms. The predicted octanol–water partition coefficient (Wildman–Crippen LogP) is 4.45. The summed E-state index contributed by atoms with van der Waals surface area (Å²) < 4.78 is 0. The van der Waals surface area contributed by atoms with E-state index in [1.165, 1.54) is 19.3 Å². The largest absolute Gasteiger partial charge is 0.370 e. The fourth-order valence-corrected chi connectivity index (χ4v) is 4.06. The van der Waals surface area contributed by atoms with Crippen LogP contribution in [0.1, 0.15) is 48.9 Å². The number of rotatable bonds is 4. The van der Waals surface area contributed by atoms with E-state index < -0.39 is 0 Å². The van der Waals surface area contributed by atoms with Crippen LogP contribution in [0.2, 0.25) is 0 Å². The molecule has 2 heterocycles. The molecule has 4 rings (SSSR count). The lowest BCUT2D eigenvalue weighted by molar-refractivity contribution is -0.119. The van der Waals surface area contributed by atoms with Gasteiger partial charge in [-0.2, -0.15) is 0 Å². The van der Waals surface area contributed by atoms with Crippen LogP contribution >= 0.6 is 0 Å². The van der Waals surface area contributed by atoms with Gasteiger partial charge in [-0.25, -0.2) is 0 Å². The average molecular weight is 377 g/mol. The Morgan fingerprint density at radius 1 is 0.821 bits per heavy atom. The second-order valence-electron chi connectivity index (χ2n) is 7.57. The van der Waals surface area contributed by atoms with Crippen LogP contribution in [0.3, 0.4) is 0 Å². The van der Waals surface area contributed by atoms with Gasteiger partial charge in [0.1, 0.15) is 0 Å². The Bertz CT molecular complexity index is 841. The molecule has 0 saturated carbocycles. The van der Waals surface area contributed by atoms with Crippen molar-refractivity contribution in [2.24, 2.45) is 0 Å². The van der Waals surface area contributed by atoms with E-state index in [4.69, 9.17) is 0 Å². The van der Waals surface area contributed by atoms with E-state index in [1.54, 1.807) is 12.1 Å². The molecule has 2 aliphatic rings. The standard InChI is InChI=1S/C23H27N3O2/c27-22-10-4-7-17-26(22)19-13-11-18(12-14-19)23(28)24-20-8-2-3-9-21(20)25-15-5-1-6-16-25/h2-3,8-9,11-14H,1,4-7,10,15-17H2,(H,24,28). The molecule has 2 aromatic carbocycles. The van der Waals surface area contributed by atoms with E-state index in [1.807, 2.05) is 35.2 Å². The molecular formula is C23H27N3O2. The minimum atomic E-state index is -0.124. The Kier molecular flexibility index (Phi) is 5.60. The third-order valence-electron chi connectivity index (χ3n) is 5.61. The summed E-state index contributed by atoms with van der Waals surface area (Å²) in [5, 5.41) is 3.07. The highest BCUT2D eigenvalue weighted by molar-refractivity contribution is 6.06. The summed E-state index contributed by atoms with van der Waals surface area (Å²) in [6.07, 6.45) is 6.26. The number of hydrogen-bond donors (Lipinski definition) is 1. The maximum absolute atomic E-state index is 12.8. The molecule has 5 nitrogen and oxygen atoms in total. The normalized spacial score (nSPS) is 17.5. The minimum Gasteiger partial charge on any atom is -0.370 e. The summed E-state index contributed by atoms with van der Waals surface area (Å²) in [7, 11) is 0. The molecule has 5 heteroatoms. The average Bonchev–Trinajstić information content (AvgIpc) is 2.75. The third kappa shape index (κ3) is 4.03. The molecule has 2 aromatic rings. The maximum Gasteiger partial charge on any atom is 0.255 e. The Labute approximate surface area is 166 Å². The van der Waals surface area contributed by atoms with Gasteiger partial charge in [-0.1, -0.05) is 12.1 Å². The van der Waals surface area contributed by atoms with Crippen molar-refractivity contribution in [1.29, 1.82) is 0 Å². The lowest BCUT2D eigenvalue weighted by Crippen LogP contribution is -2.35. The fourth-order valence-electron chi connectivity index (χ4n) is 4.06. The zero-order chi connectivity index (χ0) is 19.3. The zero-order valence-corrected chi connectivity index (χ0v) is 16.2. The first kappa shape index (κ1) is 18.5. The molecule has 1 N–H and O–H groups in total. The molecule has 0 bridgehead atoms. The van der Waals surface area contributed by atoms with Gasteiger partial charge in [0.05, 0.1) is 11.4 Å². The highest BCUT2D eigenvalue weighted by Gasteiger charge is 2.20. The summed E-state index contributed by atoms with van der Waals surface area (Å²) >= 11 is 0. The van der Waals surface area contributed by atoms with Crippen LogP contribution in [-0.2, 0) is 4.79 Å². The summed E-state index contributed by atoms with van der Waals surface area (Å²) in [5.41, 5.74) is 3.41. The molecule has 0 aromatic heterocycles. The molecular weight excluding hydrogens is 350 g/mol. The van der Waals surface area contributed by atoms with Gasteiger partial charge in [-0.15, -0.1) is 0 Å². The number of amides is 2. The van der Waals surface area contributed by atoms with Crippen LogP contribution in [0, 0.1) is 0 Å². The second kappa shape index (κ2) is 8.46. The number of para-hydroxylation sites is 2. The van der Waals surface area contributed by atoms with Gasteiger partial charge in [0.25, 0.3) is 5.91 Å². The number of nitrogens with zero attached hydrogens (tertiary/aromatic N) is 2. The van der Waals surface area contributed by atoms with E-state index in [2.05, 4.69) is 16.3 Å². The van der Waals surface area contributed by atoms with Crippen LogP contribution in [0.15, 0.2) is 48.5 Å². The van der Waals surface area contributed by atoms with E-state index >= 15 is 0 Å². The lowest BCUT2D eigenvalue weighted by Gasteiger charge is -2.30. The van der Waals surface area contributed by atoms with E-state index in [0.717, 1.165) is 49.5 Å². The van der Waals surface area contributed by atoms with Crippen molar-refractivity contribution in [2.45, 2.75) is 38.5 Å². The lowest BCUT2D eigenvalue weighted by atomic mass is 10.1. The Balaban J connectivity index is 1.47. The highest BCUT2D eigenvalue weighted by atomic mass is 16.2. The van der Waals surface area contributed by atoms with Gasteiger partial charge in [0.15, 0.2) is 0 Å². The Morgan fingerprint density at radius 2 is 1.54 bits per heavy atom. The van der Waals surface area contributed by atoms with Gasteiger partial charge in [-0.3, -0.25) is 9.59 Å². The van der Waals surface area contributed by atoms with Crippen LogP contribution in [0.5, 0.6) is 0 Å². The van der Waals surface area contributed by atoms with Crippen molar-refractivity contribution >= 4 is 28.9 Å². The van der Waals surface area contributed by atoms with E-state index in [-0.39, 0.29) is 11.8 Å². The smallest absolute Gasteiger partial charge is 0.255 e. The number of piperidine rings is 2. The van der Waals surface area contributed by atoms with Gasteiger partial charge < -0.3 is 15.1 Å². The van der Waals surface area contributed by atoms with Crippen molar-refractivity contribution in [1.82, 2.24) is 0 Å². The molecule has 146 valence electrons. The molecule has 0 atom stereocenters. The Hall–Kier alpha value is -2.82. The van der Waals surface area contributed by atoms with Crippen LogP contribution in [0.4, 0.5) is 17.1 Å². The monoisotopic (exact) mass is 377 g/mol. The number of carbonyl (C=O) groups excluding carboxylic acids is 2. The van der Waals surface area contributed by atoms with Gasteiger partial charge >= 0.3 is 0 Å². The third-order valence-corrected chi connectivity index (χ3v) is 5.61.